The van der Waals surface area contributed by atoms with Crippen molar-refractivity contribution >= 4 is 35.4 Å². The van der Waals surface area contributed by atoms with Gasteiger partial charge in [-0.1, -0.05) is 41.6 Å². The summed E-state index contributed by atoms with van der Waals surface area (Å²) in [5.41, 5.74) is 0.771. The second-order valence-corrected chi connectivity index (χ2v) is 6.04. The first-order valence-electron chi connectivity index (χ1n) is 6.95. The van der Waals surface area contributed by atoms with Gasteiger partial charge in [0.15, 0.2) is 0 Å². The van der Waals surface area contributed by atoms with Gasteiger partial charge in [-0.25, -0.2) is 4.79 Å². The molecule has 0 radical (unpaired) electrons. The van der Waals surface area contributed by atoms with Crippen LogP contribution in [0.25, 0.3) is 6.08 Å². The van der Waals surface area contributed by atoms with Gasteiger partial charge in [0.2, 0.25) is 0 Å². The van der Waals surface area contributed by atoms with Crippen molar-refractivity contribution in [1.29, 1.82) is 5.26 Å². The number of ether oxygens (including phenoxy) is 1. The third-order valence-electron chi connectivity index (χ3n) is 2.88. The smallest absolute Gasteiger partial charge is 0.348 e. The number of carbonyl (C=O) groups is 1. The number of esters is 1. The van der Waals surface area contributed by atoms with Crippen LogP contribution in [0.5, 0.6) is 0 Å². The molecule has 0 amide bonds. The van der Waals surface area contributed by atoms with E-state index in [1.807, 2.05) is 54.6 Å². The maximum Gasteiger partial charge on any atom is 0.348 e. The highest BCUT2D eigenvalue weighted by molar-refractivity contribution is 7.99. The minimum absolute atomic E-state index is 0.0176. The molecule has 0 atom stereocenters. The summed E-state index contributed by atoms with van der Waals surface area (Å²) in [7, 11) is 0. The average molecular weight is 344 g/mol. The van der Waals surface area contributed by atoms with Crippen molar-refractivity contribution in [3.8, 4) is 6.07 Å². The Morgan fingerprint density at radius 3 is 2.61 bits per heavy atom. The van der Waals surface area contributed by atoms with E-state index in [0.717, 1.165) is 15.4 Å². The van der Waals surface area contributed by atoms with Crippen molar-refractivity contribution in [2.75, 3.05) is 6.61 Å². The van der Waals surface area contributed by atoms with Crippen LogP contribution in [0.3, 0.4) is 0 Å². The van der Waals surface area contributed by atoms with E-state index in [-0.39, 0.29) is 12.2 Å². The third-order valence-corrected chi connectivity index (χ3v) is 4.23. The maximum atomic E-state index is 11.8. The molecule has 0 bridgehead atoms. The number of carbonyl (C=O) groups excluding carboxylic acids is 1. The molecular formula is C18H14ClNO2S. The molecular weight excluding hydrogens is 330 g/mol. The van der Waals surface area contributed by atoms with Crippen molar-refractivity contribution in [2.45, 2.75) is 16.7 Å². The van der Waals surface area contributed by atoms with Gasteiger partial charge in [0, 0.05) is 14.8 Å². The van der Waals surface area contributed by atoms with Gasteiger partial charge in [0.05, 0.1) is 6.61 Å². The Hall–Kier alpha value is -2.22. The number of hydrogen-bond acceptors (Lipinski definition) is 4. The highest BCUT2D eigenvalue weighted by Gasteiger charge is 2.11. The topological polar surface area (TPSA) is 50.1 Å². The van der Waals surface area contributed by atoms with Gasteiger partial charge in [-0.2, -0.15) is 5.26 Å². The van der Waals surface area contributed by atoms with Crippen molar-refractivity contribution in [3.05, 3.63) is 64.7 Å². The first-order chi connectivity index (χ1) is 11.1. The number of nitrogens with zero attached hydrogens (tertiary/aromatic N) is 1. The average Bonchev–Trinajstić information content (AvgIpc) is 2.56. The lowest BCUT2D eigenvalue weighted by Crippen LogP contribution is -2.06. The molecule has 0 fully saturated rings. The molecule has 2 rings (SSSR count). The molecule has 2 aromatic carbocycles. The van der Waals surface area contributed by atoms with E-state index in [9.17, 15) is 4.79 Å². The molecule has 23 heavy (non-hydrogen) atoms. The fourth-order valence-electron chi connectivity index (χ4n) is 1.82. The number of hydrogen-bond donors (Lipinski definition) is 0. The van der Waals surface area contributed by atoms with Gasteiger partial charge in [-0.05, 0) is 48.9 Å². The van der Waals surface area contributed by atoms with Crippen molar-refractivity contribution in [3.63, 3.8) is 0 Å². The molecule has 0 heterocycles. The summed E-state index contributed by atoms with van der Waals surface area (Å²) >= 11 is 7.43. The molecule has 0 unspecified atom stereocenters. The summed E-state index contributed by atoms with van der Waals surface area (Å²) in [6, 6.07) is 16.9. The first kappa shape index (κ1) is 17.1. The van der Waals surface area contributed by atoms with Gasteiger partial charge in [0.1, 0.15) is 11.6 Å². The van der Waals surface area contributed by atoms with Crippen molar-refractivity contribution in [2.24, 2.45) is 0 Å². The summed E-state index contributed by atoms with van der Waals surface area (Å²) in [6.45, 7) is 1.94. The molecule has 0 aliphatic carbocycles. The van der Waals surface area contributed by atoms with E-state index in [4.69, 9.17) is 21.6 Å². The van der Waals surface area contributed by atoms with Gasteiger partial charge < -0.3 is 4.74 Å². The Morgan fingerprint density at radius 2 is 1.96 bits per heavy atom. The monoisotopic (exact) mass is 343 g/mol. The van der Waals surface area contributed by atoms with Crippen LogP contribution in [-0.4, -0.2) is 12.6 Å². The van der Waals surface area contributed by atoms with Gasteiger partial charge in [-0.3, -0.25) is 0 Å². The van der Waals surface area contributed by atoms with Crippen LogP contribution in [-0.2, 0) is 9.53 Å². The second kappa shape index (κ2) is 8.42. The van der Waals surface area contributed by atoms with Crippen LogP contribution < -0.4 is 0 Å². The SMILES string of the molecule is CCOC(=O)C(C#N)=Cc1ccccc1Sc1ccc(Cl)cc1. The lowest BCUT2D eigenvalue weighted by molar-refractivity contribution is -0.137. The zero-order chi connectivity index (χ0) is 16.7. The molecule has 5 heteroatoms. The van der Waals surface area contributed by atoms with E-state index in [2.05, 4.69) is 0 Å². The summed E-state index contributed by atoms with van der Waals surface area (Å²) in [4.78, 5) is 13.7. The summed E-state index contributed by atoms with van der Waals surface area (Å²) < 4.78 is 4.89. The highest BCUT2D eigenvalue weighted by atomic mass is 35.5. The van der Waals surface area contributed by atoms with E-state index < -0.39 is 5.97 Å². The van der Waals surface area contributed by atoms with Gasteiger partial charge in [-0.15, -0.1) is 0 Å². The zero-order valence-electron chi connectivity index (χ0n) is 12.5. The molecule has 0 saturated carbocycles. The predicted molar refractivity (Wildman–Crippen MR) is 92.2 cm³/mol. The Morgan fingerprint density at radius 1 is 1.26 bits per heavy atom. The summed E-state index contributed by atoms with van der Waals surface area (Å²) in [5, 5.41) is 9.83. The van der Waals surface area contributed by atoms with E-state index in [1.54, 1.807) is 13.0 Å². The van der Waals surface area contributed by atoms with Crippen LogP contribution >= 0.6 is 23.4 Å². The maximum absolute atomic E-state index is 11.8. The normalized spacial score (nSPS) is 10.9. The van der Waals surface area contributed by atoms with Gasteiger partial charge >= 0.3 is 5.97 Å². The van der Waals surface area contributed by atoms with Crippen LogP contribution in [0, 0.1) is 11.3 Å². The number of nitriles is 1. The fourth-order valence-corrected chi connectivity index (χ4v) is 2.87. The van der Waals surface area contributed by atoms with Gasteiger partial charge in [0.25, 0.3) is 0 Å². The molecule has 0 aliphatic heterocycles. The Bertz CT molecular complexity index is 763. The quantitative estimate of drug-likeness (QED) is 0.437. The highest BCUT2D eigenvalue weighted by Crippen LogP contribution is 2.32. The largest absolute Gasteiger partial charge is 0.462 e. The second-order valence-electron chi connectivity index (χ2n) is 4.48. The predicted octanol–water partition coefficient (Wildman–Crippen LogP) is 4.96. The lowest BCUT2D eigenvalue weighted by Gasteiger charge is -2.07. The molecule has 116 valence electrons. The van der Waals surface area contributed by atoms with Crippen LogP contribution in [0.2, 0.25) is 5.02 Å². The lowest BCUT2D eigenvalue weighted by atomic mass is 10.1. The number of halogens is 1. The minimum Gasteiger partial charge on any atom is -0.462 e. The van der Waals surface area contributed by atoms with E-state index in [1.165, 1.54) is 11.8 Å². The molecule has 0 saturated heterocycles. The van der Waals surface area contributed by atoms with Crippen molar-refractivity contribution < 1.29 is 9.53 Å². The first-order valence-corrected chi connectivity index (χ1v) is 8.15. The number of benzene rings is 2. The molecule has 0 N–H and O–H groups in total. The van der Waals surface area contributed by atoms with Crippen LogP contribution in [0.1, 0.15) is 12.5 Å². The Kier molecular flexibility index (Phi) is 6.28. The summed E-state index contributed by atoms with van der Waals surface area (Å²) in [5.74, 6) is -0.610. The zero-order valence-corrected chi connectivity index (χ0v) is 14.0. The molecule has 3 nitrogen and oxygen atoms in total. The Balaban J connectivity index is 2.31. The minimum atomic E-state index is -0.610. The van der Waals surface area contributed by atoms with Crippen LogP contribution in [0.4, 0.5) is 0 Å². The van der Waals surface area contributed by atoms with E-state index >= 15 is 0 Å². The molecule has 0 aromatic heterocycles. The standard InChI is InChI=1S/C18H14ClNO2S/c1-2-22-18(21)14(12-20)11-13-5-3-4-6-17(13)23-16-9-7-15(19)8-10-16/h3-11H,2H2,1H3. The Labute approximate surface area is 144 Å². The molecule has 0 spiro atoms. The fraction of sp³-hybridized carbons (Fsp3) is 0.111. The van der Waals surface area contributed by atoms with E-state index in [0.29, 0.717) is 5.02 Å². The molecule has 2 aromatic rings. The summed E-state index contributed by atoms with van der Waals surface area (Å²) in [6.07, 6.45) is 1.55. The van der Waals surface area contributed by atoms with Crippen LogP contribution in [0.15, 0.2) is 63.9 Å². The number of rotatable bonds is 5. The van der Waals surface area contributed by atoms with Crippen molar-refractivity contribution in [1.82, 2.24) is 0 Å². The molecule has 0 aliphatic rings. The third kappa shape index (κ3) is 4.88.